The highest BCUT2D eigenvalue weighted by Gasteiger charge is 2.06. The Morgan fingerprint density at radius 2 is 2.05 bits per heavy atom. The predicted molar refractivity (Wildman–Crippen MR) is 72.4 cm³/mol. The minimum absolute atomic E-state index is 0.107. The summed E-state index contributed by atoms with van der Waals surface area (Å²) >= 11 is 5.75. The number of amides is 1. The summed E-state index contributed by atoms with van der Waals surface area (Å²) in [6, 6.07) is 8.27. The Kier molecular flexibility index (Phi) is 3.97. The van der Waals surface area contributed by atoms with Crippen molar-refractivity contribution in [2.24, 2.45) is 0 Å². The van der Waals surface area contributed by atoms with E-state index in [-0.39, 0.29) is 18.0 Å². The molecule has 0 saturated heterocycles. The number of hydrogen-bond acceptors (Lipinski definition) is 3. The van der Waals surface area contributed by atoms with Gasteiger partial charge >= 0.3 is 0 Å². The summed E-state index contributed by atoms with van der Waals surface area (Å²) in [5.74, 6) is -0.995. The molecule has 2 rings (SSSR count). The molecule has 0 aliphatic heterocycles. The zero-order valence-electron chi connectivity index (χ0n) is 9.86. The van der Waals surface area contributed by atoms with Crippen molar-refractivity contribution in [1.82, 2.24) is 4.98 Å². The molecule has 98 valence electrons. The Hall–Kier alpha value is -2.14. The van der Waals surface area contributed by atoms with Gasteiger partial charge in [-0.15, -0.1) is 0 Å². The number of pyridine rings is 1. The second-order valence-corrected chi connectivity index (χ2v) is 4.39. The van der Waals surface area contributed by atoms with Gasteiger partial charge in [0.1, 0.15) is 0 Å². The number of benzene rings is 1. The van der Waals surface area contributed by atoms with Gasteiger partial charge in [-0.05, 0) is 23.8 Å². The van der Waals surface area contributed by atoms with E-state index < -0.39 is 5.95 Å². The van der Waals surface area contributed by atoms with Gasteiger partial charge < -0.3 is 11.1 Å². The molecule has 0 unspecified atom stereocenters. The maximum atomic E-state index is 12.9. The van der Waals surface area contributed by atoms with E-state index >= 15 is 0 Å². The summed E-state index contributed by atoms with van der Waals surface area (Å²) < 4.78 is 12.9. The van der Waals surface area contributed by atoms with Crippen molar-refractivity contribution in [3.8, 4) is 0 Å². The molecule has 0 fully saturated rings. The largest absolute Gasteiger partial charge is 0.395 e. The lowest BCUT2D eigenvalue weighted by Crippen LogP contribution is -2.15. The molecule has 6 heteroatoms. The van der Waals surface area contributed by atoms with Crippen molar-refractivity contribution in [3.05, 3.63) is 53.1 Å². The van der Waals surface area contributed by atoms with Crippen LogP contribution in [0.25, 0.3) is 0 Å². The van der Waals surface area contributed by atoms with Gasteiger partial charge in [-0.2, -0.15) is 4.39 Å². The number of aromatic nitrogens is 1. The number of nitrogen functional groups attached to an aromatic ring is 1. The van der Waals surface area contributed by atoms with Crippen molar-refractivity contribution in [2.45, 2.75) is 6.42 Å². The van der Waals surface area contributed by atoms with E-state index in [2.05, 4.69) is 10.3 Å². The molecule has 0 bridgehead atoms. The van der Waals surface area contributed by atoms with Gasteiger partial charge in [0.15, 0.2) is 0 Å². The minimum Gasteiger partial charge on any atom is -0.395 e. The lowest BCUT2D eigenvalue weighted by molar-refractivity contribution is -0.115. The SMILES string of the molecule is Nc1cc(NC(=O)Cc2ccc(Cl)cc2)cnc1F. The molecular formula is C13H11ClFN3O. The maximum Gasteiger partial charge on any atom is 0.236 e. The van der Waals surface area contributed by atoms with E-state index in [1.807, 2.05) is 0 Å². The summed E-state index contributed by atoms with van der Waals surface area (Å²) in [4.78, 5) is 15.2. The third-order valence-electron chi connectivity index (χ3n) is 2.43. The zero-order chi connectivity index (χ0) is 13.8. The smallest absolute Gasteiger partial charge is 0.236 e. The van der Waals surface area contributed by atoms with Crippen LogP contribution in [0.4, 0.5) is 15.8 Å². The standard InChI is InChI=1S/C13H11ClFN3O/c14-9-3-1-8(2-4-9)5-12(19)18-10-6-11(16)13(15)17-7-10/h1-4,6-7H,5,16H2,(H,18,19). The first-order valence-corrected chi connectivity index (χ1v) is 5.88. The van der Waals surface area contributed by atoms with E-state index in [9.17, 15) is 9.18 Å². The first kappa shape index (κ1) is 13.3. The molecule has 19 heavy (non-hydrogen) atoms. The van der Waals surface area contributed by atoms with Crippen LogP contribution < -0.4 is 11.1 Å². The molecule has 1 amide bonds. The first-order chi connectivity index (χ1) is 9.04. The number of halogens is 2. The molecule has 0 radical (unpaired) electrons. The summed E-state index contributed by atoms with van der Waals surface area (Å²) in [6.07, 6.45) is 1.40. The Morgan fingerprint density at radius 1 is 1.37 bits per heavy atom. The van der Waals surface area contributed by atoms with Crippen LogP contribution in [0.1, 0.15) is 5.56 Å². The third-order valence-corrected chi connectivity index (χ3v) is 2.68. The Bertz CT molecular complexity index is 601. The molecule has 0 atom stereocenters. The highest BCUT2D eigenvalue weighted by Crippen LogP contribution is 2.14. The van der Waals surface area contributed by atoms with E-state index in [0.29, 0.717) is 10.7 Å². The minimum atomic E-state index is -0.754. The molecule has 3 N–H and O–H groups in total. The lowest BCUT2D eigenvalue weighted by Gasteiger charge is -2.06. The van der Waals surface area contributed by atoms with E-state index in [1.54, 1.807) is 24.3 Å². The van der Waals surface area contributed by atoms with Gasteiger partial charge in [-0.3, -0.25) is 4.79 Å². The monoisotopic (exact) mass is 279 g/mol. The van der Waals surface area contributed by atoms with Crippen LogP contribution >= 0.6 is 11.6 Å². The molecule has 0 aliphatic carbocycles. The van der Waals surface area contributed by atoms with E-state index in [0.717, 1.165) is 5.56 Å². The summed E-state index contributed by atoms with van der Waals surface area (Å²) in [5, 5.41) is 3.20. The Balaban J connectivity index is 2.01. The quantitative estimate of drug-likeness (QED) is 0.849. The number of nitrogens with zero attached hydrogens (tertiary/aromatic N) is 1. The van der Waals surface area contributed by atoms with Gasteiger partial charge in [0, 0.05) is 5.02 Å². The number of anilines is 2. The van der Waals surface area contributed by atoms with E-state index in [4.69, 9.17) is 17.3 Å². The fourth-order valence-corrected chi connectivity index (χ4v) is 1.65. The first-order valence-electron chi connectivity index (χ1n) is 5.50. The second kappa shape index (κ2) is 5.67. The van der Waals surface area contributed by atoms with Crippen molar-refractivity contribution in [1.29, 1.82) is 0 Å². The summed E-state index contributed by atoms with van der Waals surface area (Å²) in [6.45, 7) is 0. The Labute approximate surface area is 114 Å². The molecule has 4 nitrogen and oxygen atoms in total. The van der Waals surface area contributed by atoms with Crippen molar-refractivity contribution in [2.75, 3.05) is 11.1 Å². The van der Waals surface area contributed by atoms with Crippen LogP contribution in [0.3, 0.4) is 0 Å². The highest BCUT2D eigenvalue weighted by molar-refractivity contribution is 6.30. The van der Waals surface area contributed by atoms with Crippen LogP contribution in [0, 0.1) is 5.95 Å². The predicted octanol–water partition coefficient (Wildman–Crippen LogP) is 2.64. The van der Waals surface area contributed by atoms with Crippen molar-refractivity contribution >= 4 is 28.9 Å². The van der Waals surface area contributed by atoms with Gasteiger partial charge in [-0.25, -0.2) is 4.98 Å². The second-order valence-electron chi connectivity index (χ2n) is 3.96. The number of hydrogen-bond donors (Lipinski definition) is 2. The van der Waals surface area contributed by atoms with Crippen LogP contribution in [0.15, 0.2) is 36.5 Å². The van der Waals surface area contributed by atoms with Crippen LogP contribution in [0.2, 0.25) is 5.02 Å². The molecule has 0 saturated carbocycles. The molecule has 2 aromatic rings. The molecule has 0 spiro atoms. The normalized spacial score (nSPS) is 10.2. The number of rotatable bonds is 3. The molecule has 0 aliphatic rings. The number of nitrogens with one attached hydrogen (secondary N) is 1. The zero-order valence-corrected chi connectivity index (χ0v) is 10.6. The molecular weight excluding hydrogens is 269 g/mol. The van der Waals surface area contributed by atoms with Gasteiger partial charge in [-0.1, -0.05) is 23.7 Å². The third kappa shape index (κ3) is 3.66. The fraction of sp³-hybridized carbons (Fsp3) is 0.0769. The van der Waals surface area contributed by atoms with Crippen LogP contribution in [-0.4, -0.2) is 10.9 Å². The maximum absolute atomic E-state index is 12.9. The molecule has 1 aromatic carbocycles. The number of carbonyl (C=O) groups is 1. The van der Waals surface area contributed by atoms with Crippen LogP contribution in [-0.2, 0) is 11.2 Å². The van der Waals surface area contributed by atoms with Crippen molar-refractivity contribution in [3.63, 3.8) is 0 Å². The van der Waals surface area contributed by atoms with Gasteiger partial charge in [0.25, 0.3) is 0 Å². The van der Waals surface area contributed by atoms with E-state index in [1.165, 1.54) is 12.3 Å². The molecule has 1 aromatic heterocycles. The van der Waals surface area contributed by atoms with Gasteiger partial charge in [0.05, 0.1) is 24.0 Å². The highest BCUT2D eigenvalue weighted by atomic mass is 35.5. The average Bonchev–Trinajstić information content (AvgIpc) is 2.37. The fourth-order valence-electron chi connectivity index (χ4n) is 1.53. The average molecular weight is 280 g/mol. The van der Waals surface area contributed by atoms with Crippen LogP contribution in [0.5, 0.6) is 0 Å². The number of nitrogens with two attached hydrogens (primary N) is 1. The van der Waals surface area contributed by atoms with Crippen molar-refractivity contribution < 1.29 is 9.18 Å². The lowest BCUT2D eigenvalue weighted by atomic mass is 10.1. The Morgan fingerprint density at radius 3 is 2.68 bits per heavy atom. The number of carbonyl (C=O) groups excluding carboxylic acids is 1. The molecule has 1 heterocycles. The summed E-state index contributed by atoms with van der Waals surface area (Å²) in [5.41, 5.74) is 6.44. The topological polar surface area (TPSA) is 68.0 Å². The van der Waals surface area contributed by atoms with Gasteiger partial charge in [0.2, 0.25) is 11.9 Å². The summed E-state index contributed by atoms with van der Waals surface area (Å²) in [7, 11) is 0.